The molecule has 0 amide bonds. The van der Waals surface area contributed by atoms with Gasteiger partial charge >= 0.3 is 0 Å². The van der Waals surface area contributed by atoms with Crippen LogP contribution in [0.5, 0.6) is 0 Å². The molecule has 0 aliphatic heterocycles. The first-order chi connectivity index (χ1) is 11.5. The Labute approximate surface area is 155 Å². The number of hydrogen-bond acceptors (Lipinski definition) is 6. The maximum atomic E-state index is 5.25. The Morgan fingerprint density at radius 2 is 1.76 bits per heavy atom. The number of aromatic nitrogens is 3. The van der Waals surface area contributed by atoms with Crippen LogP contribution in [0.25, 0.3) is 0 Å². The van der Waals surface area contributed by atoms with Gasteiger partial charge in [-0.2, -0.15) is 0 Å². The van der Waals surface area contributed by atoms with Crippen LogP contribution < -0.4 is 5.32 Å². The van der Waals surface area contributed by atoms with E-state index in [1.54, 1.807) is 18.4 Å². The van der Waals surface area contributed by atoms with Crippen molar-refractivity contribution >= 4 is 17.2 Å². The maximum absolute atomic E-state index is 5.25. The first-order valence-electron chi connectivity index (χ1n) is 8.60. The molecule has 0 bridgehead atoms. The summed E-state index contributed by atoms with van der Waals surface area (Å²) in [5, 5.41) is 6.68. The summed E-state index contributed by atoms with van der Waals surface area (Å²) in [6.07, 6.45) is 0. The predicted molar refractivity (Wildman–Crippen MR) is 104 cm³/mol. The van der Waals surface area contributed by atoms with Crippen LogP contribution in [0.1, 0.15) is 76.7 Å². The number of nitrogens with zero attached hydrogens (tertiary/aromatic N) is 3. The second-order valence-electron chi connectivity index (χ2n) is 8.44. The third-order valence-electron chi connectivity index (χ3n) is 3.77. The van der Waals surface area contributed by atoms with E-state index in [2.05, 4.69) is 64.1 Å². The van der Waals surface area contributed by atoms with Crippen molar-refractivity contribution in [2.45, 2.75) is 71.9 Å². The molecule has 0 fully saturated rings. The lowest BCUT2D eigenvalue weighted by Gasteiger charge is -2.20. The Balaban J connectivity index is 2.26. The van der Waals surface area contributed by atoms with Gasteiger partial charge in [0, 0.05) is 29.4 Å². The van der Waals surface area contributed by atoms with E-state index in [0.29, 0.717) is 6.61 Å². The second-order valence-corrected chi connectivity index (χ2v) is 9.33. The molecule has 5 nitrogen and oxygen atoms in total. The fraction of sp³-hybridized carbons (Fsp3) is 0.632. The van der Waals surface area contributed by atoms with E-state index in [4.69, 9.17) is 14.7 Å². The molecule has 0 aliphatic carbocycles. The van der Waals surface area contributed by atoms with Gasteiger partial charge in [-0.05, 0) is 6.92 Å². The highest BCUT2D eigenvalue weighted by molar-refractivity contribution is 7.09. The van der Waals surface area contributed by atoms with E-state index in [0.717, 1.165) is 28.0 Å². The van der Waals surface area contributed by atoms with Gasteiger partial charge in [0.2, 0.25) is 0 Å². The normalized spacial score (nSPS) is 13.8. The third-order valence-corrected chi connectivity index (χ3v) is 4.79. The lowest BCUT2D eigenvalue weighted by Crippen LogP contribution is -2.19. The zero-order valence-corrected chi connectivity index (χ0v) is 17.4. The van der Waals surface area contributed by atoms with Gasteiger partial charge in [0.1, 0.15) is 16.6 Å². The molecule has 2 heterocycles. The van der Waals surface area contributed by atoms with Crippen molar-refractivity contribution in [3.05, 3.63) is 33.7 Å². The quantitative estimate of drug-likeness (QED) is 0.824. The Bertz CT molecular complexity index is 713. The van der Waals surface area contributed by atoms with Crippen molar-refractivity contribution in [2.24, 2.45) is 0 Å². The van der Waals surface area contributed by atoms with Crippen LogP contribution in [0, 0.1) is 0 Å². The topological polar surface area (TPSA) is 59.9 Å². The zero-order chi connectivity index (χ0) is 18.8. The molecule has 0 saturated heterocycles. The summed E-state index contributed by atoms with van der Waals surface area (Å²) in [6, 6.07) is 2.03. The molecule has 0 saturated carbocycles. The fourth-order valence-electron chi connectivity index (χ4n) is 2.24. The Hall–Kier alpha value is -1.53. The molecule has 2 rings (SSSR count). The fourth-order valence-corrected chi connectivity index (χ4v) is 3.30. The Morgan fingerprint density at radius 1 is 1.08 bits per heavy atom. The molecule has 0 aliphatic rings. The third kappa shape index (κ3) is 5.22. The minimum Gasteiger partial charge on any atom is -0.378 e. The summed E-state index contributed by atoms with van der Waals surface area (Å²) in [7, 11) is 1.68. The van der Waals surface area contributed by atoms with Crippen LogP contribution >= 0.6 is 11.3 Å². The van der Waals surface area contributed by atoms with Gasteiger partial charge in [0.25, 0.3) is 0 Å². The first kappa shape index (κ1) is 19.8. The average Bonchev–Trinajstić information content (AvgIpc) is 2.96. The standard InChI is InChI=1S/C19H30N4OS/c1-12(16-22-14(11-25-16)18(2,3)4)20-15-9-13(10-24-8)21-17(23-15)19(5,6)7/h9,11-12H,10H2,1-8H3,(H,20,21,23). The van der Waals surface area contributed by atoms with Crippen molar-refractivity contribution in [3.8, 4) is 0 Å². The van der Waals surface area contributed by atoms with Crippen molar-refractivity contribution in [1.82, 2.24) is 15.0 Å². The number of rotatable bonds is 5. The van der Waals surface area contributed by atoms with Crippen LogP contribution in [0.4, 0.5) is 5.82 Å². The summed E-state index contributed by atoms with van der Waals surface area (Å²) in [6.45, 7) is 15.5. The highest BCUT2D eigenvalue weighted by Crippen LogP contribution is 2.29. The highest BCUT2D eigenvalue weighted by Gasteiger charge is 2.22. The molecule has 2 aromatic rings. The Kier molecular flexibility index (Phi) is 5.84. The Morgan fingerprint density at radius 3 is 2.28 bits per heavy atom. The van der Waals surface area contributed by atoms with Gasteiger partial charge in [-0.1, -0.05) is 41.5 Å². The summed E-state index contributed by atoms with van der Waals surface area (Å²) >= 11 is 1.69. The average molecular weight is 363 g/mol. The van der Waals surface area contributed by atoms with Crippen LogP contribution in [-0.4, -0.2) is 22.1 Å². The largest absolute Gasteiger partial charge is 0.378 e. The molecule has 0 spiro atoms. The van der Waals surface area contributed by atoms with E-state index in [1.807, 2.05) is 6.07 Å². The molecular formula is C19H30N4OS. The van der Waals surface area contributed by atoms with Gasteiger partial charge in [-0.15, -0.1) is 11.3 Å². The summed E-state index contributed by atoms with van der Waals surface area (Å²) in [5.74, 6) is 1.62. The molecule has 1 unspecified atom stereocenters. The van der Waals surface area contributed by atoms with E-state index in [1.165, 1.54) is 0 Å². The molecule has 1 N–H and O–H groups in total. The van der Waals surface area contributed by atoms with Crippen LogP contribution in [-0.2, 0) is 22.2 Å². The minimum atomic E-state index is -0.121. The molecule has 2 aromatic heterocycles. The van der Waals surface area contributed by atoms with Crippen molar-refractivity contribution in [2.75, 3.05) is 12.4 Å². The molecule has 25 heavy (non-hydrogen) atoms. The van der Waals surface area contributed by atoms with Crippen molar-refractivity contribution < 1.29 is 4.74 Å². The van der Waals surface area contributed by atoms with Crippen LogP contribution in [0.3, 0.4) is 0 Å². The van der Waals surface area contributed by atoms with E-state index >= 15 is 0 Å². The maximum Gasteiger partial charge on any atom is 0.136 e. The van der Waals surface area contributed by atoms with E-state index in [9.17, 15) is 0 Å². The highest BCUT2D eigenvalue weighted by atomic mass is 32.1. The molecule has 1 atom stereocenters. The number of ether oxygens (including phenoxy) is 1. The van der Waals surface area contributed by atoms with Gasteiger partial charge < -0.3 is 10.1 Å². The molecule has 138 valence electrons. The van der Waals surface area contributed by atoms with Crippen molar-refractivity contribution in [1.29, 1.82) is 0 Å². The zero-order valence-electron chi connectivity index (χ0n) is 16.6. The number of hydrogen-bond donors (Lipinski definition) is 1. The summed E-state index contributed by atoms with van der Waals surface area (Å²) < 4.78 is 5.25. The molecule has 0 aromatic carbocycles. The van der Waals surface area contributed by atoms with Gasteiger partial charge in [0.15, 0.2) is 0 Å². The summed E-state index contributed by atoms with van der Waals surface area (Å²) in [5.41, 5.74) is 1.95. The number of methoxy groups -OCH3 is 1. The SMILES string of the molecule is COCc1cc(NC(C)c2nc(C(C)(C)C)cs2)nc(C(C)(C)C)n1. The van der Waals surface area contributed by atoms with Crippen molar-refractivity contribution in [3.63, 3.8) is 0 Å². The minimum absolute atomic E-state index is 0.0639. The first-order valence-corrected chi connectivity index (χ1v) is 9.48. The number of nitrogens with one attached hydrogen (secondary N) is 1. The van der Waals surface area contributed by atoms with Crippen LogP contribution in [0.2, 0.25) is 0 Å². The van der Waals surface area contributed by atoms with E-state index < -0.39 is 0 Å². The summed E-state index contributed by atoms with van der Waals surface area (Å²) in [4.78, 5) is 14.1. The smallest absolute Gasteiger partial charge is 0.136 e. The van der Waals surface area contributed by atoms with Gasteiger partial charge in [-0.3, -0.25) is 0 Å². The van der Waals surface area contributed by atoms with Crippen LogP contribution in [0.15, 0.2) is 11.4 Å². The molecule has 0 radical (unpaired) electrons. The lowest BCUT2D eigenvalue weighted by molar-refractivity contribution is 0.181. The van der Waals surface area contributed by atoms with E-state index in [-0.39, 0.29) is 16.9 Å². The number of anilines is 1. The molecule has 6 heteroatoms. The van der Waals surface area contributed by atoms with Gasteiger partial charge in [-0.25, -0.2) is 15.0 Å². The lowest BCUT2D eigenvalue weighted by atomic mass is 9.93. The second kappa shape index (κ2) is 7.38. The predicted octanol–water partition coefficient (Wildman–Crippen LogP) is 4.85. The molecular weight excluding hydrogens is 332 g/mol. The monoisotopic (exact) mass is 362 g/mol. The van der Waals surface area contributed by atoms with Gasteiger partial charge in [0.05, 0.1) is 24.0 Å². The number of thiazole rings is 1.